The van der Waals surface area contributed by atoms with Crippen molar-refractivity contribution in [2.45, 2.75) is 13.5 Å². The van der Waals surface area contributed by atoms with Gasteiger partial charge in [-0.2, -0.15) is 0 Å². The Morgan fingerprint density at radius 3 is 2.31 bits per heavy atom. The van der Waals surface area contributed by atoms with Crippen molar-refractivity contribution in [1.82, 2.24) is 4.98 Å². The lowest BCUT2D eigenvalue weighted by Gasteiger charge is -2.16. The Bertz CT molecular complexity index is 1160. The van der Waals surface area contributed by atoms with Crippen molar-refractivity contribution in [3.63, 3.8) is 0 Å². The maximum absolute atomic E-state index is 12.6. The zero-order valence-corrected chi connectivity index (χ0v) is 16.4. The number of esters is 1. The van der Waals surface area contributed by atoms with Crippen LogP contribution in [0.2, 0.25) is 0 Å². The highest BCUT2D eigenvalue weighted by atomic mass is 16.5. The number of nitrogens with zero attached hydrogens (tertiary/aromatic N) is 1. The molecular weight excluding hydrogens is 362 g/mol. The van der Waals surface area contributed by atoms with E-state index < -0.39 is 5.97 Å². The van der Waals surface area contributed by atoms with Crippen LogP contribution in [0.5, 0.6) is 5.75 Å². The number of fused-ring (bicyclic) bond motifs is 1. The SMILES string of the molecule is COC(=O)c1cc(-c2ccccc2)c2ccc(C)nc2c1OCc1ccccc1. The van der Waals surface area contributed by atoms with E-state index in [1.807, 2.05) is 85.8 Å². The van der Waals surface area contributed by atoms with Gasteiger partial charge in [-0.1, -0.05) is 66.7 Å². The molecular formula is C25H21NO3. The molecule has 0 fully saturated rings. The average molecular weight is 383 g/mol. The van der Waals surface area contributed by atoms with E-state index in [9.17, 15) is 4.79 Å². The molecule has 0 saturated carbocycles. The maximum Gasteiger partial charge on any atom is 0.341 e. The minimum Gasteiger partial charge on any atom is -0.486 e. The van der Waals surface area contributed by atoms with Gasteiger partial charge in [0.25, 0.3) is 0 Å². The van der Waals surface area contributed by atoms with Gasteiger partial charge in [0.15, 0.2) is 5.75 Å². The van der Waals surface area contributed by atoms with Crippen LogP contribution in [0.25, 0.3) is 22.0 Å². The molecule has 0 atom stereocenters. The summed E-state index contributed by atoms with van der Waals surface area (Å²) in [6.07, 6.45) is 0. The van der Waals surface area contributed by atoms with Crippen molar-refractivity contribution in [3.05, 3.63) is 95.7 Å². The van der Waals surface area contributed by atoms with Gasteiger partial charge in [0.2, 0.25) is 0 Å². The predicted octanol–water partition coefficient (Wildman–Crippen LogP) is 5.58. The Hall–Kier alpha value is -3.66. The molecule has 0 amide bonds. The number of hydrogen-bond donors (Lipinski definition) is 0. The highest BCUT2D eigenvalue weighted by Crippen LogP contribution is 2.37. The lowest BCUT2D eigenvalue weighted by atomic mass is 9.96. The molecule has 4 nitrogen and oxygen atoms in total. The third kappa shape index (κ3) is 3.83. The van der Waals surface area contributed by atoms with Gasteiger partial charge in [-0.05, 0) is 35.7 Å². The number of ether oxygens (including phenoxy) is 2. The molecule has 29 heavy (non-hydrogen) atoms. The fourth-order valence-corrected chi connectivity index (χ4v) is 3.36. The van der Waals surface area contributed by atoms with Crippen LogP contribution in [-0.4, -0.2) is 18.1 Å². The Labute approximate surface area is 169 Å². The number of hydrogen-bond acceptors (Lipinski definition) is 4. The first-order chi connectivity index (χ1) is 14.2. The number of pyridine rings is 1. The topological polar surface area (TPSA) is 48.4 Å². The number of carbonyl (C=O) groups excluding carboxylic acids is 1. The Morgan fingerprint density at radius 2 is 1.62 bits per heavy atom. The van der Waals surface area contributed by atoms with Crippen molar-refractivity contribution in [3.8, 4) is 16.9 Å². The van der Waals surface area contributed by atoms with Gasteiger partial charge in [0.05, 0.1) is 7.11 Å². The monoisotopic (exact) mass is 383 g/mol. The van der Waals surface area contributed by atoms with Crippen LogP contribution in [0.15, 0.2) is 78.9 Å². The second-order valence-corrected chi connectivity index (χ2v) is 6.78. The molecule has 0 saturated heterocycles. The highest BCUT2D eigenvalue weighted by Gasteiger charge is 2.21. The summed E-state index contributed by atoms with van der Waals surface area (Å²) in [4.78, 5) is 17.3. The fourth-order valence-electron chi connectivity index (χ4n) is 3.36. The Morgan fingerprint density at radius 1 is 0.931 bits per heavy atom. The van der Waals surface area contributed by atoms with Gasteiger partial charge in [-0.15, -0.1) is 0 Å². The van der Waals surface area contributed by atoms with Crippen LogP contribution in [0.4, 0.5) is 0 Å². The zero-order valence-electron chi connectivity index (χ0n) is 16.4. The maximum atomic E-state index is 12.6. The molecule has 144 valence electrons. The van der Waals surface area contributed by atoms with Crippen LogP contribution in [0, 0.1) is 6.92 Å². The Balaban J connectivity index is 1.93. The standard InChI is InChI=1S/C25H21NO3/c1-17-13-14-20-21(19-11-7-4-8-12-19)15-22(25(27)28-2)24(23(20)26-17)29-16-18-9-5-3-6-10-18/h3-15H,16H2,1-2H3. The molecule has 1 heterocycles. The average Bonchev–Trinajstić information content (AvgIpc) is 2.77. The molecule has 0 aliphatic carbocycles. The van der Waals surface area contributed by atoms with E-state index in [1.54, 1.807) is 0 Å². The summed E-state index contributed by atoms with van der Waals surface area (Å²) in [6.45, 7) is 2.26. The number of rotatable bonds is 5. The van der Waals surface area contributed by atoms with E-state index in [0.717, 1.165) is 27.8 Å². The summed E-state index contributed by atoms with van der Waals surface area (Å²) in [5.41, 5.74) is 4.80. The third-order valence-corrected chi connectivity index (χ3v) is 4.79. The molecule has 4 rings (SSSR count). The second kappa shape index (κ2) is 8.15. The van der Waals surface area contributed by atoms with E-state index in [0.29, 0.717) is 23.4 Å². The number of aryl methyl sites for hydroxylation is 1. The van der Waals surface area contributed by atoms with Crippen LogP contribution in [-0.2, 0) is 11.3 Å². The van der Waals surface area contributed by atoms with E-state index in [4.69, 9.17) is 14.5 Å². The molecule has 3 aromatic carbocycles. The summed E-state index contributed by atoms with van der Waals surface area (Å²) in [5.74, 6) is -0.00506. The first kappa shape index (κ1) is 18.7. The van der Waals surface area contributed by atoms with Crippen LogP contribution in [0.3, 0.4) is 0 Å². The number of benzene rings is 3. The lowest BCUT2D eigenvalue weighted by Crippen LogP contribution is -2.08. The van der Waals surface area contributed by atoms with Crippen LogP contribution < -0.4 is 4.74 Å². The van der Waals surface area contributed by atoms with Crippen molar-refractivity contribution in [2.24, 2.45) is 0 Å². The number of carbonyl (C=O) groups is 1. The zero-order chi connectivity index (χ0) is 20.2. The first-order valence-corrected chi connectivity index (χ1v) is 9.42. The van der Waals surface area contributed by atoms with Gasteiger partial charge in [0.1, 0.15) is 17.7 Å². The normalized spacial score (nSPS) is 10.7. The van der Waals surface area contributed by atoms with Gasteiger partial charge in [0, 0.05) is 11.1 Å². The molecule has 0 bridgehead atoms. The molecule has 0 radical (unpaired) electrons. The summed E-state index contributed by atoms with van der Waals surface area (Å²) in [7, 11) is 1.37. The van der Waals surface area contributed by atoms with E-state index in [-0.39, 0.29) is 0 Å². The number of aromatic nitrogens is 1. The van der Waals surface area contributed by atoms with Crippen molar-refractivity contribution < 1.29 is 14.3 Å². The van der Waals surface area contributed by atoms with Crippen LogP contribution >= 0.6 is 0 Å². The summed E-state index contributed by atoms with van der Waals surface area (Å²) in [5, 5.41) is 0.928. The smallest absolute Gasteiger partial charge is 0.341 e. The second-order valence-electron chi connectivity index (χ2n) is 6.78. The quantitative estimate of drug-likeness (QED) is 0.422. The third-order valence-electron chi connectivity index (χ3n) is 4.79. The number of methoxy groups -OCH3 is 1. The molecule has 1 aromatic heterocycles. The highest BCUT2D eigenvalue weighted by molar-refractivity contribution is 6.06. The molecule has 0 aliphatic heterocycles. The largest absolute Gasteiger partial charge is 0.486 e. The first-order valence-electron chi connectivity index (χ1n) is 9.42. The molecule has 0 spiro atoms. The molecule has 4 aromatic rings. The minimum atomic E-state index is -0.449. The lowest BCUT2D eigenvalue weighted by molar-refractivity contribution is 0.0596. The van der Waals surface area contributed by atoms with Crippen molar-refractivity contribution >= 4 is 16.9 Å². The van der Waals surface area contributed by atoms with Gasteiger partial charge in [-0.25, -0.2) is 9.78 Å². The molecule has 0 N–H and O–H groups in total. The van der Waals surface area contributed by atoms with Gasteiger partial charge in [-0.3, -0.25) is 0 Å². The predicted molar refractivity (Wildman–Crippen MR) is 114 cm³/mol. The van der Waals surface area contributed by atoms with Crippen molar-refractivity contribution in [1.29, 1.82) is 0 Å². The summed E-state index contributed by atoms with van der Waals surface area (Å²) < 4.78 is 11.2. The van der Waals surface area contributed by atoms with E-state index >= 15 is 0 Å². The Kier molecular flexibility index (Phi) is 5.25. The van der Waals surface area contributed by atoms with Crippen LogP contribution in [0.1, 0.15) is 21.6 Å². The summed E-state index contributed by atoms with van der Waals surface area (Å²) in [6, 6.07) is 25.6. The van der Waals surface area contributed by atoms with E-state index in [2.05, 4.69) is 0 Å². The molecule has 0 unspecified atom stereocenters. The molecule has 0 aliphatic rings. The van der Waals surface area contributed by atoms with Gasteiger partial charge < -0.3 is 9.47 Å². The van der Waals surface area contributed by atoms with Gasteiger partial charge >= 0.3 is 5.97 Å². The van der Waals surface area contributed by atoms with E-state index in [1.165, 1.54) is 7.11 Å². The minimum absolute atomic E-state index is 0.334. The van der Waals surface area contributed by atoms with Crippen molar-refractivity contribution in [2.75, 3.05) is 7.11 Å². The molecule has 4 heteroatoms. The summed E-state index contributed by atoms with van der Waals surface area (Å²) >= 11 is 0. The fraction of sp³-hybridized carbons (Fsp3) is 0.120.